The molecule has 6 heteroatoms. The lowest BCUT2D eigenvalue weighted by molar-refractivity contribution is 0.755. The molecule has 0 amide bonds. The van der Waals surface area contributed by atoms with Gasteiger partial charge in [0.05, 0.1) is 0 Å². The van der Waals surface area contributed by atoms with E-state index in [0.717, 1.165) is 35.3 Å². The van der Waals surface area contributed by atoms with Crippen LogP contribution in [0, 0.1) is 5.92 Å². The number of nitrogens with zero attached hydrogens (tertiary/aromatic N) is 4. The first-order valence-electron chi connectivity index (χ1n) is 6.89. The van der Waals surface area contributed by atoms with Gasteiger partial charge in [-0.05, 0) is 35.9 Å². The van der Waals surface area contributed by atoms with Crippen LogP contribution in [0.2, 0.25) is 0 Å². The third-order valence-corrected chi connectivity index (χ3v) is 4.28. The highest BCUT2D eigenvalue weighted by Gasteiger charge is 2.20. The third-order valence-electron chi connectivity index (χ3n) is 3.60. The molecular weight excluding hydrogens is 270 g/mol. The van der Waals surface area contributed by atoms with Crippen LogP contribution in [0.5, 0.6) is 0 Å². The molecule has 1 fully saturated rings. The zero-order valence-corrected chi connectivity index (χ0v) is 11.8. The van der Waals surface area contributed by atoms with Gasteiger partial charge in [0.2, 0.25) is 0 Å². The van der Waals surface area contributed by atoms with Gasteiger partial charge in [-0.3, -0.25) is 0 Å². The topological polar surface area (TPSA) is 55.1 Å². The van der Waals surface area contributed by atoms with Gasteiger partial charge in [0.1, 0.15) is 5.82 Å². The Morgan fingerprint density at radius 1 is 1.25 bits per heavy atom. The minimum Gasteiger partial charge on any atom is -0.369 e. The van der Waals surface area contributed by atoms with E-state index in [-0.39, 0.29) is 0 Å². The maximum atomic E-state index is 4.59. The zero-order valence-electron chi connectivity index (χ0n) is 11.0. The van der Waals surface area contributed by atoms with Crippen molar-refractivity contribution in [3.63, 3.8) is 0 Å². The smallest absolute Gasteiger partial charge is 0.186 e. The molecule has 5 nitrogen and oxygen atoms in total. The Balaban J connectivity index is 1.61. The van der Waals surface area contributed by atoms with E-state index in [0.29, 0.717) is 0 Å². The van der Waals surface area contributed by atoms with Crippen LogP contribution in [0.4, 0.5) is 5.82 Å². The predicted molar refractivity (Wildman–Crippen MR) is 79.9 cm³/mol. The molecule has 4 rings (SSSR count). The molecular formula is C14H15N5S. The van der Waals surface area contributed by atoms with Gasteiger partial charge in [-0.2, -0.15) is 15.9 Å². The van der Waals surface area contributed by atoms with E-state index in [2.05, 4.69) is 26.0 Å². The second kappa shape index (κ2) is 4.86. The number of fused-ring (bicyclic) bond motifs is 1. The zero-order chi connectivity index (χ0) is 13.4. The van der Waals surface area contributed by atoms with Crippen LogP contribution in [0.1, 0.15) is 19.3 Å². The maximum Gasteiger partial charge on any atom is 0.186 e. The summed E-state index contributed by atoms with van der Waals surface area (Å²) in [5, 5.41) is 20.5. The summed E-state index contributed by atoms with van der Waals surface area (Å²) in [6, 6.07) is 5.96. The predicted octanol–water partition coefficient (Wildman–Crippen LogP) is 3.06. The molecule has 3 aromatic rings. The Morgan fingerprint density at radius 2 is 2.20 bits per heavy atom. The summed E-state index contributed by atoms with van der Waals surface area (Å²) in [5.74, 6) is 2.61. The van der Waals surface area contributed by atoms with Crippen molar-refractivity contribution in [3.8, 4) is 11.4 Å². The fraction of sp³-hybridized carbons (Fsp3) is 0.357. The molecule has 1 N–H and O–H groups in total. The van der Waals surface area contributed by atoms with E-state index in [4.69, 9.17) is 0 Å². The molecule has 102 valence electrons. The van der Waals surface area contributed by atoms with Crippen LogP contribution in [-0.2, 0) is 0 Å². The summed E-state index contributed by atoms with van der Waals surface area (Å²) >= 11 is 1.65. The Bertz CT molecular complexity index is 714. The van der Waals surface area contributed by atoms with Crippen molar-refractivity contribution in [2.45, 2.75) is 19.3 Å². The fourth-order valence-electron chi connectivity index (χ4n) is 2.27. The van der Waals surface area contributed by atoms with Crippen LogP contribution < -0.4 is 5.32 Å². The van der Waals surface area contributed by atoms with Crippen LogP contribution in [-0.4, -0.2) is 26.4 Å². The third kappa shape index (κ3) is 2.27. The highest BCUT2D eigenvalue weighted by molar-refractivity contribution is 7.08. The highest BCUT2D eigenvalue weighted by atomic mass is 32.1. The molecule has 3 aromatic heterocycles. The highest BCUT2D eigenvalue weighted by Crippen LogP contribution is 2.32. The Labute approximate surface area is 120 Å². The number of nitrogens with one attached hydrogen (secondary N) is 1. The Kier molecular flexibility index (Phi) is 2.88. The van der Waals surface area contributed by atoms with Crippen molar-refractivity contribution < 1.29 is 0 Å². The molecule has 1 saturated carbocycles. The number of aromatic nitrogens is 4. The molecule has 0 aromatic carbocycles. The van der Waals surface area contributed by atoms with Gasteiger partial charge in [0, 0.05) is 17.5 Å². The second-order valence-corrected chi connectivity index (χ2v) is 5.96. The first kappa shape index (κ1) is 11.8. The molecule has 0 radical (unpaired) electrons. The van der Waals surface area contributed by atoms with Crippen molar-refractivity contribution in [1.29, 1.82) is 0 Å². The Hall–Kier alpha value is -1.95. The van der Waals surface area contributed by atoms with Gasteiger partial charge >= 0.3 is 0 Å². The van der Waals surface area contributed by atoms with Crippen molar-refractivity contribution in [1.82, 2.24) is 19.8 Å². The van der Waals surface area contributed by atoms with Crippen LogP contribution in [0.15, 0.2) is 29.0 Å². The van der Waals surface area contributed by atoms with Gasteiger partial charge < -0.3 is 5.32 Å². The van der Waals surface area contributed by atoms with Gasteiger partial charge in [-0.1, -0.05) is 12.8 Å². The molecule has 0 spiro atoms. The lowest BCUT2D eigenvalue weighted by atomic mass is 10.3. The van der Waals surface area contributed by atoms with Gasteiger partial charge in [-0.15, -0.1) is 15.3 Å². The summed E-state index contributed by atoms with van der Waals surface area (Å²) in [4.78, 5) is 0. The molecule has 1 aliphatic rings. The first-order chi connectivity index (χ1) is 9.90. The number of rotatable bonds is 5. The van der Waals surface area contributed by atoms with E-state index in [1.807, 2.05) is 28.1 Å². The summed E-state index contributed by atoms with van der Waals surface area (Å²) in [6.45, 7) is 0.985. The van der Waals surface area contributed by atoms with Crippen molar-refractivity contribution in [2.75, 3.05) is 11.9 Å². The molecule has 3 heterocycles. The minimum absolute atomic E-state index is 0.777. The van der Waals surface area contributed by atoms with E-state index in [1.54, 1.807) is 11.3 Å². The second-order valence-electron chi connectivity index (χ2n) is 5.18. The van der Waals surface area contributed by atoms with Crippen LogP contribution >= 0.6 is 11.3 Å². The fourth-order valence-corrected chi connectivity index (χ4v) is 2.90. The molecule has 20 heavy (non-hydrogen) atoms. The number of hydrogen-bond acceptors (Lipinski definition) is 5. The summed E-state index contributed by atoms with van der Waals surface area (Å²) in [7, 11) is 0. The van der Waals surface area contributed by atoms with Crippen molar-refractivity contribution in [3.05, 3.63) is 29.0 Å². The lowest BCUT2D eigenvalue weighted by Crippen LogP contribution is -2.06. The average Bonchev–Trinajstić information content (AvgIpc) is 2.98. The standard InChI is InChI=1S/C14H15N5S/c1-2-10(1)5-7-15-12-3-4-13-16-17-14(19(13)18-12)11-6-8-20-9-11/h3-4,6,8-10H,1-2,5,7H2,(H,15,18). The van der Waals surface area contributed by atoms with Crippen molar-refractivity contribution >= 4 is 22.8 Å². The quantitative estimate of drug-likeness (QED) is 0.782. The molecule has 1 aliphatic carbocycles. The van der Waals surface area contributed by atoms with Gasteiger partial charge in [0.25, 0.3) is 0 Å². The molecule has 0 bridgehead atoms. The van der Waals surface area contributed by atoms with Gasteiger partial charge in [0.15, 0.2) is 11.5 Å². The molecule has 0 saturated heterocycles. The van der Waals surface area contributed by atoms with Crippen LogP contribution in [0.25, 0.3) is 17.0 Å². The van der Waals surface area contributed by atoms with Gasteiger partial charge in [-0.25, -0.2) is 0 Å². The van der Waals surface area contributed by atoms with E-state index in [1.165, 1.54) is 19.3 Å². The normalized spacial score (nSPS) is 14.8. The largest absolute Gasteiger partial charge is 0.369 e. The summed E-state index contributed by atoms with van der Waals surface area (Å²) in [5.41, 5.74) is 1.84. The number of anilines is 1. The van der Waals surface area contributed by atoms with E-state index >= 15 is 0 Å². The summed E-state index contributed by atoms with van der Waals surface area (Å²) in [6.07, 6.45) is 4.02. The SMILES string of the molecule is c1cc(-c2nnc3ccc(NCCC4CC4)nn23)cs1. The van der Waals surface area contributed by atoms with E-state index < -0.39 is 0 Å². The summed E-state index contributed by atoms with van der Waals surface area (Å²) < 4.78 is 1.81. The monoisotopic (exact) mass is 285 g/mol. The number of thiophene rings is 1. The Morgan fingerprint density at radius 3 is 3.00 bits per heavy atom. The van der Waals surface area contributed by atoms with E-state index in [9.17, 15) is 0 Å². The molecule has 0 atom stereocenters. The number of hydrogen-bond donors (Lipinski definition) is 1. The lowest BCUT2D eigenvalue weighted by Gasteiger charge is -2.05. The average molecular weight is 285 g/mol. The first-order valence-corrected chi connectivity index (χ1v) is 7.83. The van der Waals surface area contributed by atoms with Crippen LogP contribution in [0.3, 0.4) is 0 Å². The van der Waals surface area contributed by atoms with Crippen molar-refractivity contribution in [2.24, 2.45) is 5.92 Å². The minimum atomic E-state index is 0.777. The maximum absolute atomic E-state index is 4.59. The molecule has 0 aliphatic heterocycles. The molecule has 0 unspecified atom stereocenters.